The second-order valence-corrected chi connectivity index (χ2v) is 6.22. The molecule has 1 aromatic carbocycles. The maximum atomic E-state index is 12.9. The molecule has 1 rings (SSSR count). The minimum Gasteiger partial charge on any atom is -0.309 e. The van der Waals surface area contributed by atoms with Crippen LogP contribution in [0.25, 0.3) is 0 Å². The summed E-state index contributed by atoms with van der Waals surface area (Å²) < 4.78 is 12.9. The minimum atomic E-state index is -2.88. The van der Waals surface area contributed by atoms with Gasteiger partial charge in [-0.3, -0.25) is 0 Å². The van der Waals surface area contributed by atoms with Crippen molar-refractivity contribution in [1.29, 1.82) is 0 Å². The average Bonchev–Trinajstić information content (AvgIpc) is 2.36. The maximum absolute atomic E-state index is 12.9. The van der Waals surface area contributed by atoms with Crippen LogP contribution in [0, 0.1) is 0 Å². The first-order valence-corrected chi connectivity index (χ1v) is 6.57. The fourth-order valence-corrected chi connectivity index (χ4v) is 3.55. The first-order chi connectivity index (χ1) is 7.57. The van der Waals surface area contributed by atoms with E-state index in [1.165, 1.54) is 12.2 Å². The smallest absolute Gasteiger partial charge is 0.169 e. The van der Waals surface area contributed by atoms with E-state index in [1.54, 1.807) is 0 Å². The van der Waals surface area contributed by atoms with Crippen LogP contribution >= 0.6 is 7.14 Å². The molecule has 0 atom stereocenters. The Morgan fingerprint density at radius 1 is 1.00 bits per heavy atom. The summed E-state index contributed by atoms with van der Waals surface area (Å²) >= 11 is 0. The van der Waals surface area contributed by atoms with Crippen LogP contribution in [0.1, 0.15) is 0 Å². The number of benzene rings is 1. The fourth-order valence-electron chi connectivity index (χ4n) is 1.41. The topological polar surface area (TPSA) is 17.1 Å². The van der Waals surface area contributed by atoms with E-state index in [4.69, 9.17) is 0 Å². The van der Waals surface area contributed by atoms with Crippen molar-refractivity contribution in [3.8, 4) is 0 Å². The molecule has 0 aliphatic heterocycles. The Bertz CT molecular complexity index is 459. The Morgan fingerprint density at radius 3 is 1.81 bits per heavy atom. The highest BCUT2D eigenvalue weighted by Crippen LogP contribution is 2.59. The van der Waals surface area contributed by atoms with Crippen molar-refractivity contribution >= 4 is 12.4 Å². The largest absolute Gasteiger partial charge is 0.309 e. The van der Waals surface area contributed by atoms with Gasteiger partial charge in [-0.2, -0.15) is 0 Å². The molecule has 0 aliphatic carbocycles. The number of hydrogen-bond acceptors (Lipinski definition) is 1. The van der Waals surface area contributed by atoms with Crippen LogP contribution in [-0.4, -0.2) is 0 Å². The van der Waals surface area contributed by atoms with Crippen LogP contribution in [0.2, 0.25) is 0 Å². The van der Waals surface area contributed by atoms with E-state index in [9.17, 15) is 4.57 Å². The molecule has 0 N–H and O–H groups in total. The van der Waals surface area contributed by atoms with Crippen molar-refractivity contribution in [2.24, 2.45) is 0 Å². The van der Waals surface area contributed by atoms with Gasteiger partial charge in [-0.25, -0.2) is 0 Å². The molecule has 0 heterocycles. The van der Waals surface area contributed by atoms with E-state index in [0.29, 0.717) is 15.9 Å². The third kappa shape index (κ3) is 2.00. The molecule has 0 aliphatic rings. The molecule has 0 saturated carbocycles. The molecule has 0 spiro atoms. The van der Waals surface area contributed by atoms with Gasteiger partial charge in [-0.05, 0) is 0 Å². The van der Waals surface area contributed by atoms with Gasteiger partial charge >= 0.3 is 0 Å². The third-order valence-corrected chi connectivity index (χ3v) is 5.41. The molecular weight excluding hydrogens is 215 g/mol. The molecule has 0 saturated heterocycles. The summed E-state index contributed by atoms with van der Waals surface area (Å²) in [6, 6.07) is 9.18. The lowest BCUT2D eigenvalue weighted by atomic mass is 10.4. The molecule has 0 fully saturated rings. The second-order valence-electron chi connectivity index (χ2n) is 3.34. The number of hydrogen-bond donors (Lipinski definition) is 0. The normalized spacial score (nSPS) is 10.5. The van der Waals surface area contributed by atoms with Crippen LogP contribution < -0.4 is 5.30 Å². The van der Waals surface area contributed by atoms with Crippen LogP contribution in [0.5, 0.6) is 0 Å². The van der Waals surface area contributed by atoms with E-state index < -0.39 is 7.14 Å². The maximum Gasteiger partial charge on any atom is 0.169 e. The lowest BCUT2D eigenvalue weighted by molar-refractivity contribution is 0.590. The molecule has 1 aromatic rings. The highest BCUT2D eigenvalue weighted by atomic mass is 31.2. The molecular formula is C14H15OP. The summed E-state index contributed by atoms with van der Waals surface area (Å²) in [4.78, 5) is 0. The zero-order valence-corrected chi connectivity index (χ0v) is 10.1. The standard InChI is InChI=1S/C14H15OP/c1-5-12(3)16(15,13(4)6-2)14-10-8-7-9-11-14/h5-11H,1-4H2. The molecule has 16 heavy (non-hydrogen) atoms. The quantitative estimate of drug-likeness (QED) is 0.550. The van der Waals surface area contributed by atoms with E-state index in [-0.39, 0.29) is 0 Å². The van der Waals surface area contributed by atoms with Crippen LogP contribution in [0.15, 0.2) is 79.4 Å². The van der Waals surface area contributed by atoms with E-state index >= 15 is 0 Å². The minimum absolute atomic E-state index is 0.489. The van der Waals surface area contributed by atoms with Gasteiger partial charge in [0.25, 0.3) is 0 Å². The number of allylic oxidation sites excluding steroid dienone is 4. The van der Waals surface area contributed by atoms with Crippen molar-refractivity contribution in [3.63, 3.8) is 0 Å². The first kappa shape index (κ1) is 12.5. The van der Waals surface area contributed by atoms with Gasteiger partial charge in [-0.1, -0.05) is 68.8 Å². The Labute approximate surface area is 96.9 Å². The van der Waals surface area contributed by atoms with Gasteiger partial charge in [0.2, 0.25) is 0 Å². The SMILES string of the molecule is C=CC(=C)P(=O)(C(=C)C=C)c1ccccc1. The predicted octanol–water partition coefficient (Wildman–Crippen LogP) is 4.07. The zero-order chi connectivity index (χ0) is 12.2. The highest BCUT2D eigenvalue weighted by Gasteiger charge is 2.28. The second kappa shape index (κ2) is 4.96. The summed E-state index contributed by atoms with van der Waals surface area (Å²) in [6.45, 7) is 14.8. The van der Waals surface area contributed by atoms with Crippen molar-refractivity contribution < 1.29 is 4.57 Å². The molecule has 2 heteroatoms. The van der Waals surface area contributed by atoms with Crippen molar-refractivity contribution in [2.45, 2.75) is 0 Å². The molecule has 0 unspecified atom stereocenters. The van der Waals surface area contributed by atoms with E-state index in [1.807, 2.05) is 30.3 Å². The predicted molar refractivity (Wildman–Crippen MR) is 72.4 cm³/mol. The molecule has 82 valence electrons. The number of rotatable bonds is 5. The van der Waals surface area contributed by atoms with Gasteiger partial charge in [0.15, 0.2) is 7.14 Å². The lowest BCUT2D eigenvalue weighted by Gasteiger charge is -2.19. The summed E-state index contributed by atoms with van der Waals surface area (Å²) in [5.41, 5.74) is 0. The summed E-state index contributed by atoms with van der Waals surface area (Å²) in [6.07, 6.45) is 3.03. The van der Waals surface area contributed by atoms with Crippen LogP contribution in [0.4, 0.5) is 0 Å². The Morgan fingerprint density at radius 2 is 1.44 bits per heavy atom. The molecule has 1 nitrogen and oxygen atoms in total. The monoisotopic (exact) mass is 230 g/mol. The zero-order valence-electron chi connectivity index (χ0n) is 9.23. The molecule has 0 radical (unpaired) electrons. The highest BCUT2D eigenvalue weighted by molar-refractivity contribution is 7.79. The van der Waals surface area contributed by atoms with E-state index in [0.717, 1.165) is 0 Å². The van der Waals surface area contributed by atoms with Gasteiger partial charge in [0, 0.05) is 15.9 Å². The summed E-state index contributed by atoms with van der Waals surface area (Å²) in [5.74, 6) is 0. The summed E-state index contributed by atoms with van der Waals surface area (Å²) in [7, 11) is -2.88. The Hall–Kier alpha value is -1.59. The summed E-state index contributed by atoms with van der Waals surface area (Å²) in [5, 5.41) is 1.69. The fraction of sp³-hybridized carbons (Fsp3) is 0. The molecule has 0 aromatic heterocycles. The van der Waals surface area contributed by atoms with Gasteiger partial charge in [0.1, 0.15) is 0 Å². The third-order valence-electron chi connectivity index (χ3n) is 2.40. The molecule has 0 bridgehead atoms. The molecule has 0 amide bonds. The lowest BCUT2D eigenvalue weighted by Crippen LogP contribution is -2.05. The Balaban J connectivity index is 3.43. The van der Waals surface area contributed by atoms with E-state index in [2.05, 4.69) is 26.3 Å². The van der Waals surface area contributed by atoms with Crippen molar-refractivity contribution in [3.05, 3.63) is 79.4 Å². The Kier molecular flexibility index (Phi) is 3.87. The van der Waals surface area contributed by atoms with Crippen molar-refractivity contribution in [1.82, 2.24) is 0 Å². The van der Waals surface area contributed by atoms with Crippen LogP contribution in [-0.2, 0) is 4.57 Å². The first-order valence-electron chi connectivity index (χ1n) is 4.87. The van der Waals surface area contributed by atoms with Crippen molar-refractivity contribution in [2.75, 3.05) is 0 Å². The van der Waals surface area contributed by atoms with Gasteiger partial charge in [-0.15, -0.1) is 0 Å². The average molecular weight is 230 g/mol. The van der Waals surface area contributed by atoms with Gasteiger partial charge in [0.05, 0.1) is 0 Å². The van der Waals surface area contributed by atoms with Gasteiger partial charge < -0.3 is 4.57 Å². The van der Waals surface area contributed by atoms with Crippen LogP contribution in [0.3, 0.4) is 0 Å².